The minimum atomic E-state index is -0.690. The zero-order chi connectivity index (χ0) is 25.3. The molecule has 11 heteroatoms. The third kappa shape index (κ3) is 6.18. The molecule has 0 saturated heterocycles. The number of benzene rings is 1. The van der Waals surface area contributed by atoms with Crippen LogP contribution in [0.3, 0.4) is 0 Å². The first-order valence-electron chi connectivity index (χ1n) is 10.8. The number of nitrogens with zero attached hydrogens (tertiary/aromatic N) is 4. The molecule has 0 atom stereocenters. The van der Waals surface area contributed by atoms with Crippen molar-refractivity contribution in [3.63, 3.8) is 0 Å². The molecular formula is C23H32N6O5. The van der Waals surface area contributed by atoms with E-state index in [0.717, 1.165) is 15.8 Å². The molecule has 1 aromatic carbocycles. The Hall–Kier alpha value is -3.76. The van der Waals surface area contributed by atoms with Gasteiger partial charge < -0.3 is 25.3 Å². The molecule has 0 unspecified atom stereocenters. The number of rotatable bonds is 5. The van der Waals surface area contributed by atoms with Crippen molar-refractivity contribution in [2.24, 2.45) is 0 Å². The average molecular weight is 473 g/mol. The minimum absolute atomic E-state index is 0.166. The van der Waals surface area contributed by atoms with Crippen LogP contribution in [0.2, 0.25) is 0 Å². The highest BCUT2D eigenvalue weighted by molar-refractivity contribution is 5.99. The number of methoxy groups -OCH3 is 1. The van der Waals surface area contributed by atoms with Crippen LogP contribution < -0.4 is 15.8 Å². The van der Waals surface area contributed by atoms with Crippen molar-refractivity contribution in [3.8, 4) is 5.75 Å². The van der Waals surface area contributed by atoms with Crippen LogP contribution in [-0.4, -0.2) is 50.1 Å². The summed E-state index contributed by atoms with van der Waals surface area (Å²) in [5, 5.41) is 11.8. The van der Waals surface area contributed by atoms with Gasteiger partial charge in [0.25, 0.3) is 0 Å². The van der Waals surface area contributed by atoms with Crippen molar-refractivity contribution in [3.05, 3.63) is 35.7 Å². The first kappa shape index (κ1) is 24.9. The number of fused-ring (bicyclic) bond motifs is 1. The van der Waals surface area contributed by atoms with E-state index in [9.17, 15) is 9.59 Å². The summed E-state index contributed by atoms with van der Waals surface area (Å²) in [5.41, 5.74) is 6.91. The highest BCUT2D eigenvalue weighted by Crippen LogP contribution is 2.33. The molecule has 0 fully saturated rings. The fraction of sp³-hybridized carbons (Fsp3) is 0.478. The molecule has 0 saturated carbocycles. The predicted molar refractivity (Wildman–Crippen MR) is 127 cm³/mol. The molecule has 0 aliphatic heterocycles. The molecule has 0 aliphatic carbocycles. The van der Waals surface area contributed by atoms with Gasteiger partial charge in [0.05, 0.1) is 30.8 Å². The van der Waals surface area contributed by atoms with Gasteiger partial charge in [0.2, 0.25) is 0 Å². The number of alkyl carbamates (subject to hydrolysis) is 1. The van der Waals surface area contributed by atoms with E-state index in [0.29, 0.717) is 23.2 Å². The van der Waals surface area contributed by atoms with E-state index in [1.165, 1.54) is 7.11 Å². The van der Waals surface area contributed by atoms with Crippen LogP contribution in [0.4, 0.5) is 15.4 Å². The zero-order valence-electron chi connectivity index (χ0n) is 20.6. The van der Waals surface area contributed by atoms with E-state index in [1.54, 1.807) is 58.5 Å². The maximum Gasteiger partial charge on any atom is 0.435 e. The second kappa shape index (κ2) is 9.24. The van der Waals surface area contributed by atoms with Crippen LogP contribution in [0.1, 0.15) is 52.7 Å². The summed E-state index contributed by atoms with van der Waals surface area (Å²) in [6.45, 7) is 11.4. The van der Waals surface area contributed by atoms with E-state index in [1.807, 2.05) is 12.3 Å². The number of ether oxygens (including phenoxy) is 3. The Kier molecular flexibility index (Phi) is 6.76. The maximum absolute atomic E-state index is 12.7. The fourth-order valence-corrected chi connectivity index (χ4v) is 3.25. The van der Waals surface area contributed by atoms with E-state index < -0.39 is 23.4 Å². The smallest absolute Gasteiger partial charge is 0.435 e. The fourth-order valence-electron chi connectivity index (χ4n) is 3.25. The van der Waals surface area contributed by atoms with Gasteiger partial charge >= 0.3 is 12.2 Å². The number of anilines is 1. The molecule has 0 bridgehead atoms. The molecule has 0 radical (unpaired) electrons. The summed E-state index contributed by atoms with van der Waals surface area (Å²) < 4.78 is 19.1. The van der Waals surface area contributed by atoms with E-state index >= 15 is 0 Å². The van der Waals surface area contributed by atoms with Crippen LogP contribution in [0.5, 0.6) is 5.75 Å². The topological polar surface area (TPSA) is 136 Å². The molecule has 1 amide bonds. The van der Waals surface area contributed by atoms with Crippen LogP contribution in [0.15, 0.2) is 24.5 Å². The van der Waals surface area contributed by atoms with Gasteiger partial charge in [-0.15, -0.1) is 5.10 Å². The molecule has 2 heterocycles. The first-order valence-corrected chi connectivity index (χ1v) is 10.8. The summed E-state index contributed by atoms with van der Waals surface area (Å²) in [4.78, 5) is 24.6. The summed E-state index contributed by atoms with van der Waals surface area (Å²) >= 11 is 0. The number of hydrogen-bond acceptors (Lipinski definition) is 8. The van der Waals surface area contributed by atoms with Gasteiger partial charge in [0.1, 0.15) is 17.0 Å². The summed E-state index contributed by atoms with van der Waals surface area (Å²) in [6, 6.07) is 3.62. The number of nitrogens with one attached hydrogen (secondary N) is 1. The van der Waals surface area contributed by atoms with Gasteiger partial charge in [-0.1, -0.05) is 0 Å². The summed E-state index contributed by atoms with van der Waals surface area (Å²) in [6.07, 6.45) is 2.34. The molecular weight excluding hydrogens is 440 g/mol. The lowest BCUT2D eigenvalue weighted by Crippen LogP contribution is -2.32. The molecule has 3 rings (SSSR count). The molecule has 0 spiro atoms. The monoisotopic (exact) mass is 472 g/mol. The Balaban J connectivity index is 1.82. The molecule has 2 aromatic heterocycles. The van der Waals surface area contributed by atoms with E-state index in [2.05, 4.69) is 15.5 Å². The standard InChI is InChI=1S/C23H32N6O5/c1-22(2,3)33-20(30)25-10-15-11-26-28(13-15)12-14-8-16-18(17(9-14)32-7)19(24)27-29(16)21(31)34-23(4,5)6/h8-9,11,13H,10,12H2,1-7H3,(H2,24,27)(H,25,30). The second-order valence-electron chi connectivity index (χ2n) is 9.87. The van der Waals surface area contributed by atoms with Gasteiger partial charge in [-0.05, 0) is 59.2 Å². The molecule has 3 N–H and O–H groups in total. The lowest BCUT2D eigenvalue weighted by atomic mass is 10.1. The van der Waals surface area contributed by atoms with Gasteiger partial charge in [0, 0.05) is 18.3 Å². The third-order valence-electron chi connectivity index (χ3n) is 4.49. The highest BCUT2D eigenvalue weighted by Gasteiger charge is 2.24. The lowest BCUT2D eigenvalue weighted by molar-refractivity contribution is 0.0512. The van der Waals surface area contributed by atoms with Crippen molar-refractivity contribution in [1.29, 1.82) is 0 Å². The number of hydrogen-bond donors (Lipinski definition) is 2. The Bertz CT molecular complexity index is 1200. The number of carbonyl (C=O) groups is 2. The second-order valence-corrected chi connectivity index (χ2v) is 9.87. The molecule has 0 aliphatic rings. The van der Waals surface area contributed by atoms with Crippen LogP contribution >= 0.6 is 0 Å². The van der Waals surface area contributed by atoms with E-state index in [4.69, 9.17) is 19.9 Å². The van der Waals surface area contributed by atoms with Gasteiger partial charge in [-0.25, -0.2) is 9.59 Å². The number of aromatic nitrogens is 4. The largest absolute Gasteiger partial charge is 0.496 e. The molecule has 34 heavy (non-hydrogen) atoms. The number of nitrogen functional groups attached to an aromatic ring is 1. The Morgan fingerprint density at radius 1 is 1.06 bits per heavy atom. The van der Waals surface area contributed by atoms with Crippen molar-refractivity contribution in [2.45, 2.75) is 65.8 Å². The third-order valence-corrected chi connectivity index (χ3v) is 4.49. The van der Waals surface area contributed by atoms with Crippen molar-refractivity contribution >= 4 is 28.9 Å². The van der Waals surface area contributed by atoms with Crippen molar-refractivity contribution in [1.82, 2.24) is 24.9 Å². The zero-order valence-corrected chi connectivity index (χ0v) is 20.6. The average Bonchev–Trinajstić information content (AvgIpc) is 3.27. The Morgan fingerprint density at radius 2 is 1.74 bits per heavy atom. The molecule has 3 aromatic rings. The SMILES string of the molecule is COc1cc(Cn2cc(CNC(=O)OC(C)(C)C)cn2)cc2c1c(N)nn2C(=O)OC(C)(C)C. The normalized spacial score (nSPS) is 12.0. The van der Waals surface area contributed by atoms with Gasteiger partial charge in [-0.2, -0.15) is 9.78 Å². The first-order chi connectivity index (χ1) is 15.8. The van der Waals surface area contributed by atoms with Crippen LogP contribution in [0, 0.1) is 0 Å². The summed E-state index contributed by atoms with van der Waals surface area (Å²) in [5.74, 6) is 0.651. The molecule has 184 valence electrons. The Labute approximate surface area is 198 Å². The maximum atomic E-state index is 12.7. The van der Waals surface area contributed by atoms with Gasteiger partial charge in [-0.3, -0.25) is 4.68 Å². The van der Waals surface area contributed by atoms with Crippen molar-refractivity contribution in [2.75, 3.05) is 12.8 Å². The lowest BCUT2D eigenvalue weighted by Gasteiger charge is -2.19. The number of amides is 1. The van der Waals surface area contributed by atoms with Crippen molar-refractivity contribution < 1.29 is 23.8 Å². The summed E-state index contributed by atoms with van der Waals surface area (Å²) in [7, 11) is 1.52. The number of nitrogens with two attached hydrogens (primary N) is 1. The van der Waals surface area contributed by atoms with Crippen LogP contribution in [0.25, 0.3) is 10.9 Å². The predicted octanol–water partition coefficient (Wildman–Crippen LogP) is 3.68. The van der Waals surface area contributed by atoms with Gasteiger partial charge in [0.15, 0.2) is 5.82 Å². The minimum Gasteiger partial charge on any atom is -0.496 e. The highest BCUT2D eigenvalue weighted by atomic mass is 16.6. The quantitative estimate of drug-likeness (QED) is 0.574. The van der Waals surface area contributed by atoms with E-state index in [-0.39, 0.29) is 12.4 Å². The molecule has 11 nitrogen and oxygen atoms in total. The Morgan fingerprint density at radius 3 is 2.35 bits per heavy atom. The number of carbonyl (C=O) groups excluding carboxylic acids is 2. The van der Waals surface area contributed by atoms with Crippen LogP contribution in [-0.2, 0) is 22.6 Å².